The Morgan fingerprint density at radius 1 is 1.35 bits per heavy atom. The second-order valence-corrected chi connectivity index (χ2v) is 5.61. The maximum absolute atomic E-state index is 5.49. The summed E-state index contributed by atoms with van der Waals surface area (Å²) in [7, 11) is 6.12. The van der Waals surface area contributed by atoms with Crippen LogP contribution in [-0.2, 0) is 4.74 Å². The van der Waals surface area contributed by atoms with E-state index in [1.807, 2.05) is 7.05 Å². The Bertz CT molecular complexity index is 291. The van der Waals surface area contributed by atoms with Crippen molar-refractivity contribution in [3.8, 4) is 0 Å². The molecule has 0 spiro atoms. The van der Waals surface area contributed by atoms with Crippen molar-refractivity contribution in [3.63, 3.8) is 0 Å². The molecule has 6 heteroatoms. The zero-order chi connectivity index (χ0) is 14.3. The molecular formula is C14H31IN4O. The van der Waals surface area contributed by atoms with Gasteiger partial charge in [0.05, 0.1) is 0 Å². The van der Waals surface area contributed by atoms with Crippen LogP contribution in [0.2, 0.25) is 0 Å². The molecule has 1 unspecified atom stereocenters. The van der Waals surface area contributed by atoms with Crippen LogP contribution >= 0.6 is 24.0 Å². The van der Waals surface area contributed by atoms with Gasteiger partial charge in [0.25, 0.3) is 0 Å². The number of hydrogen-bond donors (Lipinski definition) is 2. The van der Waals surface area contributed by atoms with Crippen molar-refractivity contribution in [1.82, 2.24) is 15.5 Å². The summed E-state index contributed by atoms with van der Waals surface area (Å²) >= 11 is 0. The van der Waals surface area contributed by atoms with Crippen molar-refractivity contribution in [3.05, 3.63) is 0 Å². The topological polar surface area (TPSA) is 48.9 Å². The second kappa shape index (κ2) is 9.78. The molecule has 1 heterocycles. The Morgan fingerprint density at radius 2 is 1.95 bits per heavy atom. The van der Waals surface area contributed by atoms with E-state index < -0.39 is 0 Å². The Balaban J connectivity index is 0.00000361. The first-order valence-electron chi connectivity index (χ1n) is 7.26. The van der Waals surface area contributed by atoms with Crippen LogP contribution in [0.3, 0.4) is 0 Å². The highest BCUT2D eigenvalue weighted by atomic mass is 127. The molecule has 0 aromatic heterocycles. The van der Waals surface area contributed by atoms with E-state index in [0.717, 1.165) is 45.0 Å². The number of guanidine groups is 1. The predicted octanol–water partition coefficient (Wildman–Crippen LogP) is 1.68. The van der Waals surface area contributed by atoms with Crippen LogP contribution in [-0.4, -0.2) is 63.3 Å². The average Bonchev–Trinajstić information content (AvgIpc) is 2.43. The summed E-state index contributed by atoms with van der Waals surface area (Å²) in [6.45, 7) is 6.93. The van der Waals surface area contributed by atoms with Crippen molar-refractivity contribution >= 4 is 29.9 Å². The van der Waals surface area contributed by atoms with Gasteiger partial charge in [0.15, 0.2) is 5.96 Å². The summed E-state index contributed by atoms with van der Waals surface area (Å²) in [5.74, 6) is 0.891. The Labute approximate surface area is 140 Å². The van der Waals surface area contributed by atoms with Crippen LogP contribution in [0, 0.1) is 0 Å². The third-order valence-electron chi connectivity index (χ3n) is 4.18. The van der Waals surface area contributed by atoms with E-state index in [1.54, 1.807) is 0 Å². The molecule has 1 rings (SSSR count). The summed E-state index contributed by atoms with van der Waals surface area (Å²) in [4.78, 5) is 6.61. The van der Waals surface area contributed by atoms with Gasteiger partial charge in [-0.05, 0) is 40.3 Å². The first kappa shape index (κ1) is 19.9. The van der Waals surface area contributed by atoms with Gasteiger partial charge in [-0.1, -0.05) is 6.92 Å². The maximum Gasteiger partial charge on any atom is 0.191 e. The van der Waals surface area contributed by atoms with Gasteiger partial charge in [-0.2, -0.15) is 0 Å². The van der Waals surface area contributed by atoms with Crippen molar-refractivity contribution in [2.75, 3.05) is 40.9 Å². The number of ether oxygens (including phenoxy) is 1. The van der Waals surface area contributed by atoms with E-state index >= 15 is 0 Å². The molecule has 20 heavy (non-hydrogen) atoms. The van der Waals surface area contributed by atoms with Gasteiger partial charge in [0, 0.05) is 38.4 Å². The normalized spacial score (nSPS) is 20.2. The summed E-state index contributed by atoms with van der Waals surface area (Å²) < 4.78 is 5.49. The van der Waals surface area contributed by atoms with Crippen molar-refractivity contribution in [1.29, 1.82) is 0 Å². The summed E-state index contributed by atoms with van der Waals surface area (Å²) in [5.41, 5.74) is 0.172. The third-order valence-corrected chi connectivity index (χ3v) is 4.18. The lowest BCUT2D eigenvalue weighted by atomic mass is 9.88. The fourth-order valence-electron chi connectivity index (χ4n) is 2.31. The maximum atomic E-state index is 5.49. The molecule has 0 radical (unpaired) electrons. The molecule has 1 atom stereocenters. The number of nitrogens with zero attached hydrogens (tertiary/aromatic N) is 2. The smallest absolute Gasteiger partial charge is 0.191 e. The van der Waals surface area contributed by atoms with Gasteiger partial charge >= 0.3 is 0 Å². The van der Waals surface area contributed by atoms with Crippen molar-refractivity contribution in [2.24, 2.45) is 4.99 Å². The summed E-state index contributed by atoms with van der Waals surface area (Å²) in [6.07, 6.45) is 3.22. The lowest BCUT2D eigenvalue weighted by molar-refractivity contribution is -0.00502. The van der Waals surface area contributed by atoms with Gasteiger partial charge < -0.3 is 20.3 Å². The highest BCUT2D eigenvalue weighted by Crippen LogP contribution is 2.24. The summed E-state index contributed by atoms with van der Waals surface area (Å²) in [6, 6.07) is 0.441. The number of nitrogens with one attached hydrogen (secondary N) is 2. The average molecular weight is 398 g/mol. The van der Waals surface area contributed by atoms with Crippen LogP contribution < -0.4 is 10.6 Å². The lowest BCUT2D eigenvalue weighted by Gasteiger charge is -2.43. The van der Waals surface area contributed by atoms with Crippen LogP contribution in [0.25, 0.3) is 0 Å². The number of aliphatic imine (C=N–C) groups is 1. The molecule has 1 saturated heterocycles. The van der Waals surface area contributed by atoms with Crippen molar-refractivity contribution in [2.45, 2.75) is 44.7 Å². The SMILES string of the molecule is CCC(C)NC(=NC)NCC1(N(C)C)CCOCC1.I. The Morgan fingerprint density at radius 3 is 2.40 bits per heavy atom. The number of rotatable bonds is 5. The zero-order valence-electron chi connectivity index (χ0n) is 13.5. The van der Waals surface area contributed by atoms with Gasteiger partial charge in [-0.15, -0.1) is 24.0 Å². The van der Waals surface area contributed by atoms with Gasteiger partial charge in [0.2, 0.25) is 0 Å². The first-order valence-corrected chi connectivity index (χ1v) is 7.26. The highest BCUT2D eigenvalue weighted by molar-refractivity contribution is 14.0. The molecular weight excluding hydrogens is 367 g/mol. The molecule has 1 fully saturated rings. The first-order chi connectivity index (χ1) is 9.04. The quantitative estimate of drug-likeness (QED) is 0.420. The standard InChI is InChI=1S/C14H30N4O.HI/c1-6-12(2)17-13(15-3)16-11-14(18(4)5)7-9-19-10-8-14;/h12H,6-11H2,1-5H3,(H2,15,16,17);1H. The molecule has 5 nitrogen and oxygen atoms in total. The molecule has 120 valence electrons. The second-order valence-electron chi connectivity index (χ2n) is 5.61. The van der Waals surface area contributed by atoms with E-state index in [0.29, 0.717) is 6.04 Å². The number of halogens is 1. The van der Waals surface area contributed by atoms with E-state index in [4.69, 9.17) is 4.74 Å². The van der Waals surface area contributed by atoms with Gasteiger partial charge in [-0.25, -0.2) is 0 Å². The zero-order valence-corrected chi connectivity index (χ0v) is 15.9. The monoisotopic (exact) mass is 398 g/mol. The molecule has 0 aliphatic carbocycles. The molecule has 0 aromatic carbocycles. The number of likely N-dealkylation sites (N-methyl/N-ethyl adjacent to an activating group) is 1. The van der Waals surface area contributed by atoms with Crippen LogP contribution in [0.1, 0.15) is 33.1 Å². The van der Waals surface area contributed by atoms with Gasteiger partial charge in [-0.3, -0.25) is 4.99 Å². The minimum atomic E-state index is 0. The highest BCUT2D eigenvalue weighted by Gasteiger charge is 2.34. The van der Waals surface area contributed by atoms with Crippen molar-refractivity contribution < 1.29 is 4.74 Å². The molecule has 0 amide bonds. The van der Waals surface area contributed by atoms with E-state index in [2.05, 4.69) is 48.5 Å². The van der Waals surface area contributed by atoms with E-state index in [-0.39, 0.29) is 29.5 Å². The van der Waals surface area contributed by atoms with Crippen LogP contribution in [0.5, 0.6) is 0 Å². The predicted molar refractivity (Wildman–Crippen MR) is 96.1 cm³/mol. The fraction of sp³-hybridized carbons (Fsp3) is 0.929. The van der Waals surface area contributed by atoms with Crippen LogP contribution in [0.4, 0.5) is 0 Å². The number of hydrogen-bond acceptors (Lipinski definition) is 3. The lowest BCUT2D eigenvalue weighted by Crippen LogP contribution is -2.57. The molecule has 1 aliphatic heterocycles. The minimum absolute atomic E-state index is 0. The van der Waals surface area contributed by atoms with E-state index in [9.17, 15) is 0 Å². The minimum Gasteiger partial charge on any atom is -0.381 e. The molecule has 2 N–H and O–H groups in total. The molecule has 0 saturated carbocycles. The van der Waals surface area contributed by atoms with Crippen LogP contribution in [0.15, 0.2) is 4.99 Å². The molecule has 0 aromatic rings. The van der Waals surface area contributed by atoms with E-state index in [1.165, 1.54) is 0 Å². The molecule has 1 aliphatic rings. The largest absolute Gasteiger partial charge is 0.381 e. The third kappa shape index (κ3) is 5.73. The molecule has 0 bridgehead atoms. The summed E-state index contributed by atoms with van der Waals surface area (Å²) in [5, 5.41) is 6.87. The fourth-order valence-corrected chi connectivity index (χ4v) is 2.31. The Kier molecular flexibility index (Phi) is 9.74. The Hall–Kier alpha value is -0.0800. The van der Waals surface area contributed by atoms with Gasteiger partial charge in [0.1, 0.15) is 0 Å².